The first-order valence-corrected chi connectivity index (χ1v) is 7.52. The minimum absolute atomic E-state index is 0.434. The van der Waals surface area contributed by atoms with E-state index < -0.39 is 0 Å². The van der Waals surface area contributed by atoms with Crippen molar-refractivity contribution in [3.05, 3.63) is 59.1 Å². The van der Waals surface area contributed by atoms with Crippen molar-refractivity contribution in [1.82, 2.24) is 5.32 Å². The molecule has 0 spiro atoms. The van der Waals surface area contributed by atoms with Gasteiger partial charge >= 0.3 is 0 Å². The normalized spacial score (nSPS) is 11.4. The highest BCUT2D eigenvalue weighted by Gasteiger charge is 2.11. The minimum Gasteiger partial charge on any atom is -0.456 e. The fraction of sp³-hybridized carbons (Fsp3) is 0.222. The quantitative estimate of drug-likeness (QED) is 0.711. The van der Waals surface area contributed by atoms with Gasteiger partial charge < -0.3 is 9.73 Å². The minimum atomic E-state index is 0.434. The summed E-state index contributed by atoms with van der Waals surface area (Å²) in [5.74, 6) is 0.860. The van der Waals surface area contributed by atoms with Gasteiger partial charge in [0.05, 0.1) is 0 Å². The van der Waals surface area contributed by atoms with Crippen LogP contribution in [-0.4, -0.2) is 6.04 Å². The van der Waals surface area contributed by atoms with E-state index in [0.29, 0.717) is 6.04 Å². The lowest BCUT2D eigenvalue weighted by Gasteiger charge is -2.11. The second-order valence-corrected chi connectivity index (χ2v) is 5.92. The van der Waals surface area contributed by atoms with Crippen LogP contribution >= 0.6 is 11.6 Å². The molecule has 108 valence electrons. The molecule has 0 radical (unpaired) electrons. The molecule has 0 bridgehead atoms. The van der Waals surface area contributed by atoms with Crippen LogP contribution in [0.25, 0.3) is 22.3 Å². The van der Waals surface area contributed by atoms with Gasteiger partial charge in [-0.2, -0.15) is 0 Å². The van der Waals surface area contributed by atoms with E-state index >= 15 is 0 Å². The van der Waals surface area contributed by atoms with Crippen molar-refractivity contribution in [1.29, 1.82) is 0 Å². The fourth-order valence-corrected chi connectivity index (χ4v) is 2.53. The van der Waals surface area contributed by atoms with E-state index in [1.807, 2.05) is 30.3 Å². The van der Waals surface area contributed by atoms with E-state index in [1.54, 1.807) is 0 Å². The van der Waals surface area contributed by atoms with Crippen LogP contribution < -0.4 is 5.32 Å². The van der Waals surface area contributed by atoms with Crippen LogP contribution in [0, 0.1) is 0 Å². The highest BCUT2D eigenvalue weighted by atomic mass is 35.5. The van der Waals surface area contributed by atoms with Crippen molar-refractivity contribution >= 4 is 22.6 Å². The van der Waals surface area contributed by atoms with Crippen molar-refractivity contribution in [2.45, 2.75) is 26.4 Å². The summed E-state index contributed by atoms with van der Waals surface area (Å²) in [5.41, 5.74) is 3.13. The highest BCUT2D eigenvalue weighted by molar-refractivity contribution is 6.30. The third kappa shape index (κ3) is 3.12. The van der Waals surface area contributed by atoms with Gasteiger partial charge in [-0.3, -0.25) is 0 Å². The maximum absolute atomic E-state index is 6.17. The Morgan fingerprint density at radius 3 is 2.67 bits per heavy atom. The predicted molar refractivity (Wildman–Crippen MR) is 88.6 cm³/mol. The molecule has 1 heterocycles. The number of hydrogen-bond donors (Lipinski definition) is 1. The molecule has 0 aliphatic heterocycles. The summed E-state index contributed by atoms with van der Waals surface area (Å²) in [7, 11) is 0. The SMILES string of the molecule is CC(C)NCc1ccc(Cl)cc1-c1cc2ccccc2o1. The summed E-state index contributed by atoms with van der Waals surface area (Å²) in [6.45, 7) is 5.06. The van der Waals surface area contributed by atoms with Gasteiger partial charge in [-0.15, -0.1) is 0 Å². The van der Waals surface area contributed by atoms with Crippen molar-refractivity contribution in [2.24, 2.45) is 0 Å². The zero-order chi connectivity index (χ0) is 14.8. The standard InChI is InChI=1S/C18H18ClNO/c1-12(2)20-11-14-7-8-15(19)10-16(14)18-9-13-5-3-4-6-17(13)21-18/h3-10,12,20H,11H2,1-2H3. The van der Waals surface area contributed by atoms with Crippen LogP contribution in [0.5, 0.6) is 0 Å². The van der Waals surface area contributed by atoms with Gasteiger partial charge in [0.25, 0.3) is 0 Å². The first-order valence-electron chi connectivity index (χ1n) is 7.14. The zero-order valence-corrected chi connectivity index (χ0v) is 12.9. The van der Waals surface area contributed by atoms with Crippen molar-refractivity contribution in [3.63, 3.8) is 0 Å². The Kier molecular flexibility index (Phi) is 4.00. The average molecular weight is 300 g/mol. The Bertz CT molecular complexity index is 728. The molecule has 2 nitrogen and oxygen atoms in total. The number of rotatable bonds is 4. The number of para-hydroxylation sites is 1. The van der Waals surface area contributed by atoms with E-state index in [-0.39, 0.29) is 0 Å². The molecule has 0 atom stereocenters. The lowest BCUT2D eigenvalue weighted by molar-refractivity contribution is 0.586. The second kappa shape index (κ2) is 5.92. The van der Waals surface area contributed by atoms with E-state index in [9.17, 15) is 0 Å². The summed E-state index contributed by atoms with van der Waals surface area (Å²) >= 11 is 6.17. The molecule has 1 N–H and O–H groups in total. The number of hydrogen-bond acceptors (Lipinski definition) is 2. The van der Waals surface area contributed by atoms with Gasteiger partial charge in [0.15, 0.2) is 0 Å². The molecule has 0 fully saturated rings. The average Bonchev–Trinajstić information content (AvgIpc) is 2.89. The van der Waals surface area contributed by atoms with Crippen LogP contribution in [0.4, 0.5) is 0 Å². The molecular formula is C18H18ClNO. The fourth-order valence-electron chi connectivity index (χ4n) is 2.36. The Morgan fingerprint density at radius 2 is 1.90 bits per heavy atom. The van der Waals surface area contributed by atoms with Crippen molar-refractivity contribution in [2.75, 3.05) is 0 Å². The lowest BCUT2D eigenvalue weighted by atomic mass is 10.0. The Hall–Kier alpha value is -1.77. The lowest BCUT2D eigenvalue weighted by Crippen LogP contribution is -2.22. The molecule has 2 aromatic carbocycles. The second-order valence-electron chi connectivity index (χ2n) is 5.49. The monoisotopic (exact) mass is 299 g/mol. The topological polar surface area (TPSA) is 25.2 Å². The maximum atomic E-state index is 6.17. The first kappa shape index (κ1) is 14.2. The molecular weight excluding hydrogens is 282 g/mol. The number of furan rings is 1. The summed E-state index contributed by atoms with van der Waals surface area (Å²) in [6.07, 6.45) is 0. The Balaban J connectivity index is 2.04. The van der Waals surface area contributed by atoms with Crippen LogP contribution in [-0.2, 0) is 6.54 Å². The summed E-state index contributed by atoms with van der Waals surface area (Å²) < 4.78 is 5.97. The largest absolute Gasteiger partial charge is 0.456 e. The number of benzene rings is 2. The first-order chi connectivity index (χ1) is 10.1. The predicted octanol–water partition coefficient (Wildman–Crippen LogP) is 5.25. The van der Waals surface area contributed by atoms with E-state index in [1.165, 1.54) is 5.56 Å². The van der Waals surface area contributed by atoms with Crippen molar-refractivity contribution in [3.8, 4) is 11.3 Å². The smallest absolute Gasteiger partial charge is 0.135 e. The molecule has 0 unspecified atom stereocenters. The van der Waals surface area contributed by atoms with Gasteiger partial charge in [-0.1, -0.05) is 49.7 Å². The molecule has 0 saturated heterocycles. The summed E-state index contributed by atoms with van der Waals surface area (Å²) in [6, 6.07) is 16.5. The van der Waals surface area contributed by atoms with Gasteiger partial charge in [0.1, 0.15) is 11.3 Å². The van der Waals surface area contributed by atoms with Gasteiger partial charge in [-0.25, -0.2) is 0 Å². The van der Waals surface area contributed by atoms with Gasteiger partial charge in [0.2, 0.25) is 0 Å². The van der Waals surface area contributed by atoms with E-state index in [0.717, 1.165) is 33.9 Å². The molecule has 1 aromatic heterocycles. The van der Waals surface area contributed by atoms with Crippen LogP contribution in [0.15, 0.2) is 52.9 Å². The molecule has 3 heteroatoms. The summed E-state index contributed by atoms with van der Waals surface area (Å²) in [5, 5.41) is 5.27. The molecule has 0 saturated carbocycles. The molecule has 0 aliphatic rings. The third-order valence-electron chi connectivity index (χ3n) is 3.46. The van der Waals surface area contributed by atoms with Crippen LogP contribution in [0.2, 0.25) is 5.02 Å². The van der Waals surface area contributed by atoms with Gasteiger partial charge in [-0.05, 0) is 29.8 Å². The maximum Gasteiger partial charge on any atom is 0.135 e. The Morgan fingerprint density at radius 1 is 1.10 bits per heavy atom. The molecule has 3 aromatic rings. The summed E-state index contributed by atoms with van der Waals surface area (Å²) in [4.78, 5) is 0. The zero-order valence-electron chi connectivity index (χ0n) is 12.2. The van der Waals surface area contributed by atoms with Gasteiger partial charge in [0, 0.05) is 28.6 Å². The van der Waals surface area contributed by atoms with Crippen LogP contribution in [0.1, 0.15) is 19.4 Å². The third-order valence-corrected chi connectivity index (χ3v) is 3.70. The van der Waals surface area contributed by atoms with Crippen molar-refractivity contribution < 1.29 is 4.42 Å². The number of nitrogens with one attached hydrogen (secondary N) is 1. The highest BCUT2D eigenvalue weighted by Crippen LogP contribution is 2.32. The Labute approximate surface area is 129 Å². The number of fused-ring (bicyclic) bond motifs is 1. The van der Waals surface area contributed by atoms with E-state index in [2.05, 4.69) is 37.4 Å². The number of halogens is 1. The molecule has 3 rings (SSSR count). The molecule has 0 amide bonds. The molecule has 21 heavy (non-hydrogen) atoms. The van der Waals surface area contributed by atoms with Crippen LogP contribution in [0.3, 0.4) is 0 Å². The van der Waals surface area contributed by atoms with E-state index in [4.69, 9.17) is 16.0 Å². The molecule has 0 aliphatic carbocycles.